The molecule has 1 aliphatic carbocycles. The molecule has 1 atom stereocenters. The molecule has 1 aliphatic heterocycles. The highest BCUT2D eigenvalue weighted by Gasteiger charge is 2.38. The van der Waals surface area contributed by atoms with E-state index in [1.807, 2.05) is 4.90 Å². The molecule has 39 heavy (non-hydrogen) atoms. The maximum absolute atomic E-state index is 13.9. The van der Waals surface area contributed by atoms with Gasteiger partial charge in [0, 0.05) is 30.3 Å². The first-order valence-electron chi connectivity index (χ1n) is 12.6. The van der Waals surface area contributed by atoms with Gasteiger partial charge in [-0.2, -0.15) is 31.1 Å². The van der Waals surface area contributed by atoms with Gasteiger partial charge in [0.05, 0.1) is 24.2 Å². The van der Waals surface area contributed by atoms with E-state index in [0.717, 1.165) is 25.0 Å². The predicted octanol–water partition coefficient (Wildman–Crippen LogP) is 6.97. The van der Waals surface area contributed by atoms with Crippen molar-refractivity contribution in [3.05, 3.63) is 63.2 Å². The van der Waals surface area contributed by atoms with Gasteiger partial charge in [0.1, 0.15) is 0 Å². The number of fused-ring (bicyclic) bond motifs is 1. The monoisotopic (exact) mass is 572 g/mol. The van der Waals surface area contributed by atoms with Gasteiger partial charge in [-0.3, -0.25) is 0 Å². The zero-order chi connectivity index (χ0) is 28.1. The van der Waals surface area contributed by atoms with E-state index in [2.05, 4.69) is 15.4 Å². The van der Waals surface area contributed by atoms with Crippen LogP contribution in [-0.2, 0) is 25.9 Å². The number of hydrogen-bond acceptors (Lipinski definition) is 5. The second-order valence-corrected chi connectivity index (χ2v) is 10.8. The van der Waals surface area contributed by atoms with Gasteiger partial charge in [0.25, 0.3) is 5.95 Å². The van der Waals surface area contributed by atoms with E-state index in [1.54, 1.807) is 18.0 Å². The molecule has 0 N–H and O–H groups in total. The third kappa shape index (κ3) is 6.10. The first kappa shape index (κ1) is 27.5. The molecule has 2 aliphatic rings. The molecule has 210 valence electrons. The van der Waals surface area contributed by atoms with Crippen LogP contribution in [0.5, 0.6) is 0 Å². The number of halogens is 7. The lowest BCUT2D eigenvalue weighted by Crippen LogP contribution is -2.31. The third-order valence-electron chi connectivity index (χ3n) is 7.23. The Bertz CT molecular complexity index is 1350. The molecule has 2 heterocycles. The van der Waals surface area contributed by atoms with Gasteiger partial charge in [-0.15, -0.1) is 5.10 Å². The fourth-order valence-corrected chi connectivity index (χ4v) is 5.51. The molecule has 1 fully saturated rings. The van der Waals surface area contributed by atoms with Crippen LogP contribution in [0.1, 0.15) is 59.5 Å². The lowest BCUT2D eigenvalue weighted by molar-refractivity contribution is -0.138. The van der Waals surface area contributed by atoms with Gasteiger partial charge >= 0.3 is 12.4 Å². The summed E-state index contributed by atoms with van der Waals surface area (Å²) >= 11 is 6.06. The number of tetrazole rings is 1. The SMILES string of the molecule is Cc1cc2c(cc1C(F)(F)F)N(CC1CC1)CCCC2N(Cc1cc(Cl)cc(C(F)(F)F)c1)c1nnn(C)n1. The Morgan fingerprint density at radius 1 is 1.00 bits per heavy atom. The summed E-state index contributed by atoms with van der Waals surface area (Å²) in [7, 11) is 1.56. The molecule has 1 saturated carbocycles. The van der Waals surface area contributed by atoms with Gasteiger partial charge in [-0.25, -0.2) is 0 Å². The zero-order valence-electron chi connectivity index (χ0n) is 21.3. The quantitative estimate of drug-likeness (QED) is 0.299. The average molecular weight is 573 g/mol. The van der Waals surface area contributed by atoms with Crippen LogP contribution in [0.25, 0.3) is 0 Å². The van der Waals surface area contributed by atoms with E-state index in [9.17, 15) is 26.3 Å². The highest BCUT2D eigenvalue weighted by Crippen LogP contribution is 2.45. The maximum Gasteiger partial charge on any atom is 0.416 e. The van der Waals surface area contributed by atoms with E-state index in [-0.39, 0.29) is 28.6 Å². The molecule has 1 aromatic heterocycles. The molecule has 0 spiro atoms. The molecule has 0 bridgehead atoms. The molecule has 2 aromatic carbocycles. The van der Waals surface area contributed by atoms with Crippen molar-refractivity contribution in [2.24, 2.45) is 13.0 Å². The van der Waals surface area contributed by atoms with Gasteiger partial charge in [0.2, 0.25) is 0 Å². The number of rotatable bonds is 6. The molecule has 5 rings (SSSR count). The van der Waals surface area contributed by atoms with Gasteiger partial charge in [-0.1, -0.05) is 22.8 Å². The third-order valence-corrected chi connectivity index (χ3v) is 7.45. The predicted molar refractivity (Wildman–Crippen MR) is 135 cm³/mol. The minimum atomic E-state index is -4.60. The minimum Gasteiger partial charge on any atom is -0.371 e. The van der Waals surface area contributed by atoms with Crippen molar-refractivity contribution in [3.63, 3.8) is 0 Å². The van der Waals surface area contributed by atoms with Crippen LogP contribution >= 0.6 is 11.6 Å². The van der Waals surface area contributed by atoms with E-state index in [0.29, 0.717) is 43.1 Å². The molecule has 1 unspecified atom stereocenters. The number of anilines is 2. The van der Waals surface area contributed by atoms with Crippen LogP contribution in [0.15, 0.2) is 30.3 Å². The van der Waals surface area contributed by atoms with Crippen LogP contribution in [0.4, 0.5) is 38.0 Å². The summed E-state index contributed by atoms with van der Waals surface area (Å²) in [4.78, 5) is 4.96. The van der Waals surface area contributed by atoms with Crippen molar-refractivity contribution in [1.29, 1.82) is 0 Å². The molecular formula is C26H27ClF6N6. The Morgan fingerprint density at radius 3 is 2.36 bits per heavy atom. The normalized spacial score (nSPS) is 18.2. The first-order valence-corrected chi connectivity index (χ1v) is 13.0. The summed E-state index contributed by atoms with van der Waals surface area (Å²) in [5.41, 5.74) is -0.0983. The Kier molecular flexibility index (Phi) is 7.19. The van der Waals surface area contributed by atoms with Crippen molar-refractivity contribution in [2.45, 2.75) is 57.5 Å². The number of aromatic nitrogens is 4. The van der Waals surface area contributed by atoms with Crippen molar-refractivity contribution < 1.29 is 26.3 Å². The summed E-state index contributed by atoms with van der Waals surface area (Å²) in [5, 5.41) is 12.3. The zero-order valence-corrected chi connectivity index (χ0v) is 22.1. The van der Waals surface area contributed by atoms with Crippen molar-refractivity contribution in [1.82, 2.24) is 20.2 Å². The standard InChI is InChI=1S/C26H27ClF6N6/c1-15-8-20-22(4-3-7-38(13-16-5-6-16)23(20)12-21(15)26(31,32)33)39(24-34-36-37(2)35-24)14-17-9-18(25(28,29)30)11-19(27)10-17/h8-12,16,22H,3-7,13-14H2,1-2H3. The Hall–Kier alpha value is -3.02. The molecule has 0 radical (unpaired) electrons. The number of nitrogens with zero attached hydrogens (tertiary/aromatic N) is 6. The molecule has 13 heteroatoms. The second kappa shape index (κ2) is 10.2. The summed E-state index contributed by atoms with van der Waals surface area (Å²) in [6, 6.07) is 5.57. The van der Waals surface area contributed by atoms with E-state index in [1.165, 1.54) is 23.9 Å². The number of benzene rings is 2. The summed E-state index contributed by atoms with van der Waals surface area (Å²) in [6.07, 6.45) is -5.85. The average Bonchev–Trinajstić information content (AvgIpc) is 3.58. The largest absolute Gasteiger partial charge is 0.416 e. The molecule has 0 saturated heterocycles. The fraction of sp³-hybridized carbons (Fsp3) is 0.500. The number of alkyl halides is 6. The van der Waals surface area contributed by atoms with Gasteiger partial charge in [0.15, 0.2) is 0 Å². The van der Waals surface area contributed by atoms with Crippen LogP contribution in [0.3, 0.4) is 0 Å². The lowest BCUT2D eigenvalue weighted by atomic mass is 9.94. The Labute approximate surface area is 226 Å². The highest BCUT2D eigenvalue weighted by atomic mass is 35.5. The van der Waals surface area contributed by atoms with Gasteiger partial charge in [-0.05, 0) is 84.7 Å². The summed E-state index contributed by atoms with van der Waals surface area (Å²) < 4.78 is 82.4. The van der Waals surface area contributed by atoms with E-state index in [4.69, 9.17) is 11.6 Å². The van der Waals surface area contributed by atoms with E-state index >= 15 is 0 Å². The smallest absolute Gasteiger partial charge is 0.371 e. The minimum absolute atomic E-state index is 0.0534. The molecule has 3 aromatic rings. The molecule has 0 amide bonds. The number of aryl methyl sites for hydroxylation is 2. The van der Waals surface area contributed by atoms with Crippen molar-refractivity contribution in [3.8, 4) is 0 Å². The van der Waals surface area contributed by atoms with Crippen LogP contribution < -0.4 is 9.80 Å². The molecular weight excluding hydrogens is 546 g/mol. The van der Waals surface area contributed by atoms with Crippen LogP contribution in [0.2, 0.25) is 5.02 Å². The Morgan fingerprint density at radius 2 is 1.74 bits per heavy atom. The second-order valence-electron chi connectivity index (χ2n) is 10.3. The van der Waals surface area contributed by atoms with Crippen molar-refractivity contribution >= 4 is 23.2 Å². The fourth-order valence-electron chi connectivity index (χ4n) is 5.25. The van der Waals surface area contributed by atoms with Crippen molar-refractivity contribution in [2.75, 3.05) is 22.9 Å². The topological polar surface area (TPSA) is 50.1 Å². The maximum atomic E-state index is 13.9. The summed E-state index contributed by atoms with van der Waals surface area (Å²) in [5.74, 6) is 0.602. The Balaban J connectivity index is 1.63. The number of hydrogen-bond donors (Lipinski definition) is 0. The highest BCUT2D eigenvalue weighted by molar-refractivity contribution is 6.30. The van der Waals surface area contributed by atoms with Crippen LogP contribution in [0, 0.1) is 12.8 Å². The van der Waals surface area contributed by atoms with E-state index < -0.39 is 29.5 Å². The lowest BCUT2D eigenvalue weighted by Gasteiger charge is -2.33. The summed E-state index contributed by atoms with van der Waals surface area (Å²) in [6.45, 7) is 2.60. The van der Waals surface area contributed by atoms with Crippen LogP contribution in [-0.4, -0.2) is 33.3 Å². The first-order chi connectivity index (χ1) is 18.3. The molecule has 6 nitrogen and oxygen atoms in total. The van der Waals surface area contributed by atoms with Gasteiger partial charge < -0.3 is 9.80 Å².